The predicted octanol–water partition coefficient (Wildman–Crippen LogP) is 3.99. The molecule has 0 spiro atoms. The topological polar surface area (TPSA) is 46.5 Å². The number of carboxylic acid groups (broad SMARTS) is 1. The van der Waals surface area contributed by atoms with Gasteiger partial charge in [-0.1, -0.05) is 19.4 Å². The van der Waals surface area contributed by atoms with E-state index in [0.29, 0.717) is 6.42 Å². The second-order valence-electron chi connectivity index (χ2n) is 5.52. The summed E-state index contributed by atoms with van der Waals surface area (Å²) in [5.74, 6) is -0.364. The number of fused-ring (bicyclic) bond motifs is 1. The molecule has 1 aliphatic rings. The fourth-order valence-electron chi connectivity index (χ4n) is 2.86. The summed E-state index contributed by atoms with van der Waals surface area (Å²) >= 11 is 3.67. The predicted molar refractivity (Wildman–Crippen MR) is 82.5 cm³/mol. The van der Waals surface area contributed by atoms with Gasteiger partial charge in [0.05, 0.1) is 17.5 Å². The van der Waals surface area contributed by atoms with Gasteiger partial charge in [0.25, 0.3) is 0 Å². The lowest BCUT2D eigenvalue weighted by molar-refractivity contribution is -0.141. The van der Waals surface area contributed by atoms with Crippen LogP contribution in [-0.4, -0.2) is 18.2 Å². The Balaban J connectivity index is 2.43. The number of aryl methyl sites for hydroxylation is 1. The van der Waals surface area contributed by atoms with E-state index in [4.69, 9.17) is 9.84 Å². The molecule has 20 heavy (non-hydrogen) atoms. The van der Waals surface area contributed by atoms with Gasteiger partial charge in [-0.05, 0) is 64.7 Å². The summed E-state index contributed by atoms with van der Waals surface area (Å²) in [7, 11) is 1.65. The van der Waals surface area contributed by atoms with Gasteiger partial charge in [0.1, 0.15) is 5.75 Å². The molecular weight excluding hydrogens is 320 g/mol. The first kappa shape index (κ1) is 15.4. The fraction of sp³-hybridized carbons (Fsp3) is 0.562. The minimum atomic E-state index is -0.766. The van der Waals surface area contributed by atoms with Gasteiger partial charge in [-0.25, -0.2) is 0 Å². The van der Waals surface area contributed by atoms with Crippen molar-refractivity contribution >= 4 is 21.9 Å². The lowest BCUT2D eigenvalue weighted by Gasteiger charge is -2.18. The number of ether oxygens (including phenoxy) is 1. The minimum absolute atomic E-state index is 0.403. The molecule has 0 aromatic heterocycles. The quantitative estimate of drug-likeness (QED) is 0.843. The summed E-state index contributed by atoms with van der Waals surface area (Å²) in [5, 5.41) is 9.11. The van der Waals surface area contributed by atoms with Gasteiger partial charge in [-0.2, -0.15) is 0 Å². The van der Waals surface area contributed by atoms with Crippen LogP contribution in [0.15, 0.2) is 10.5 Å². The average molecular weight is 341 g/mol. The molecule has 3 nitrogen and oxygen atoms in total. The number of carbonyl (C=O) groups is 1. The molecule has 0 radical (unpaired) electrons. The fourth-order valence-corrected chi connectivity index (χ4v) is 3.73. The molecule has 1 unspecified atom stereocenters. The molecule has 0 saturated heterocycles. The van der Waals surface area contributed by atoms with E-state index in [1.807, 2.05) is 0 Å². The first-order valence-corrected chi connectivity index (χ1v) is 7.93. The van der Waals surface area contributed by atoms with E-state index in [2.05, 4.69) is 22.0 Å². The first-order valence-electron chi connectivity index (χ1n) is 7.14. The minimum Gasteiger partial charge on any atom is -0.495 e. The van der Waals surface area contributed by atoms with Crippen LogP contribution in [0.2, 0.25) is 0 Å². The smallest absolute Gasteiger partial charge is 0.306 e. The van der Waals surface area contributed by atoms with Crippen molar-refractivity contribution in [1.82, 2.24) is 0 Å². The van der Waals surface area contributed by atoms with Gasteiger partial charge in [0, 0.05) is 0 Å². The zero-order chi connectivity index (χ0) is 14.7. The van der Waals surface area contributed by atoms with Crippen LogP contribution in [0.25, 0.3) is 0 Å². The maximum absolute atomic E-state index is 11.1. The van der Waals surface area contributed by atoms with E-state index >= 15 is 0 Å². The van der Waals surface area contributed by atoms with Crippen LogP contribution in [0, 0.1) is 5.92 Å². The maximum Gasteiger partial charge on any atom is 0.306 e. The van der Waals surface area contributed by atoms with Crippen LogP contribution in [0.5, 0.6) is 5.75 Å². The van der Waals surface area contributed by atoms with Gasteiger partial charge in [-0.15, -0.1) is 0 Å². The van der Waals surface area contributed by atoms with Gasteiger partial charge in [0.2, 0.25) is 0 Å². The maximum atomic E-state index is 11.1. The molecular formula is C16H21BrO3. The zero-order valence-electron chi connectivity index (χ0n) is 12.0. The Bertz CT molecular complexity index is 511. The van der Waals surface area contributed by atoms with Crippen LogP contribution in [0.3, 0.4) is 0 Å². The highest BCUT2D eigenvalue weighted by molar-refractivity contribution is 9.10. The van der Waals surface area contributed by atoms with E-state index in [0.717, 1.165) is 28.6 Å². The third kappa shape index (κ3) is 3.17. The van der Waals surface area contributed by atoms with E-state index < -0.39 is 11.9 Å². The Hall–Kier alpha value is -1.03. The molecule has 1 aromatic carbocycles. The standard InChI is InChI=1S/C16H21BrO3/c1-10(16(18)19)8-12-9-11-6-4-3-5-7-13(11)14(17)15(12)20-2/h9-10H,3-8H2,1-2H3,(H,18,19). The highest BCUT2D eigenvalue weighted by Gasteiger charge is 2.21. The monoisotopic (exact) mass is 340 g/mol. The SMILES string of the molecule is COc1c(CC(C)C(=O)O)cc2c(c1Br)CCCCC2. The van der Waals surface area contributed by atoms with Crippen molar-refractivity contribution < 1.29 is 14.6 Å². The molecule has 110 valence electrons. The van der Waals surface area contributed by atoms with E-state index in [9.17, 15) is 4.79 Å². The summed E-state index contributed by atoms with van der Waals surface area (Å²) in [6.07, 6.45) is 6.32. The largest absolute Gasteiger partial charge is 0.495 e. The number of methoxy groups -OCH3 is 1. The third-order valence-electron chi connectivity index (χ3n) is 4.02. The van der Waals surface area contributed by atoms with Crippen molar-refractivity contribution in [3.8, 4) is 5.75 Å². The van der Waals surface area contributed by atoms with Gasteiger partial charge >= 0.3 is 5.97 Å². The van der Waals surface area contributed by atoms with Crippen molar-refractivity contribution in [3.05, 3.63) is 27.2 Å². The summed E-state index contributed by atoms with van der Waals surface area (Å²) in [5.41, 5.74) is 3.68. The Morgan fingerprint density at radius 1 is 1.40 bits per heavy atom. The highest BCUT2D eigenvalue weighted by atomic mass is 79.9. The van der Waals surface area contributed by atoms with E-state index in [1.54, 1.807) is 14.0 Å². The summed E-state index contributed by atoms with van der Waals surface area (Å²) in [6, 6.07) is 2.16. The van der Waals surface area contributed by atoms with E-state index in [1.165, 1.54) is 30.4 Å². The molecule has 4 heteroatoms. The molecule has 0 saturated carbocycles. The average Bonchev–Trinajstić information content (AvgIpc) is 2.64. The Labute approximate surface area is 128 Å². The molecule has 0 amide bonds. The second-order valence-corrected chi connectivity index (χ2v) is 6.32. The van der Waals surface area contributed by atoms with Crippen LogP contribution < -0.4 is 4.74 Å². The number of rotatable bonds is 4. The molecule has 0 bridgehead atoms. The number of benzene rings is 1. The number of hydrogen-bond donors (Lipinski definition) is 1. The lowest BCUT2D eigenvalue weighted by atomic mass is 9.94. The Kier molecular flexibility index (Phi) is 5.08. The highest BCUT2D eigenvalue weighted by Crippen LogP contribution is 2.38. The van der Waals surface area contributed by atoms with Crippen LogP contribution in [0.4, 0.5) is 0 Å². The van der Waals surface area contributed by atoms with Crippen molar-refractivity contribution in [2.24, 2.45) is 5.92 Å². The second kappa shape index (κ2) is 6.61. The summed E-state index contributed by atoms with van der Waals surface area (Å²) < 4.78 is 6.54. The summed E-state index contributed by atoms with van der Waals surface area (Å²) in [6.45, 7) is 1.74. The van der Waals surface area contributed by atoms with Gasteiger partial charge in [0.15, 0.2) is 0 Å². The van der Waals surface area contributed by atoms with Crippen LogP contribution in [0.1, 0.15) is 42.9 Å². The summed E-state index contributed by atoms with van der Waals surface area (Å²) in [4.78, 5) is 11.1. The molecule has 2 rings (SSSR count). The molecule has 1 N–H and O–H groups in total. The van der Waals surface area contributed by atoms with Crippen LogP contribution >= 0.6 is 15.9 Å². The normalized spacial score (nSPS) is 16.1. The Morgan fingerprint density at radius 2 is 2.10 bits per heavy atom. The number of halogens is 1. The van der Waals surface area contributed by atoms with Gasteiger partial charge in [-0.3, -0.25) is 4.79 Å². The lowest BCUT2D eigenvalue weighted by Crippen LogP contribution is -2.13. The molecule has 1 aromatic rings. The van der Waals surface area contributed by atoms with Crippen LogP contribution in [-0.2, 0) is 24.1 Å². The molecule has 1 atom stereocenters. The molecule has 1 aliphatic carbocycles. The van der Waals surface area contributed by atoms with Crippen molar-refractivity contribution in [2.75, 3.05) is 7.11 Å². The number of carboxylic acids is 1. The molecule has 0 aliphatic heterocycles. The van der Waals surface area contributed by atoms with Crippen molar-refractivity contribution in [3.63, 3.8) is 0 Å². The zero-order valence-corrected chi connectivity index (χ0v) is 13.6. The van der Waals surface area contributed by atoms with Crippen molar-refractivity contribution in [1.29, 1.82) is 0 Å². The van der Waals surface area contributed by atoms with E-state index in [-0.39, 0.29) is 0 Å². The first-order chi connectivity index (χ1) is 9.54. The third-order valence-corrected chi connectivity index (χ3v) is 4.86. The van der Waals surface area contributed by atoms with Crippen molar-refractivity contribution in [2.45, 2.75) is 45.4 Å². The Morgan fingerprint density at radius 3 is 2.75 bits per heavy atom. The van der Waals surface area contributed by atoms with Gasteiger partial charge < -0.3 is 9.84 Å². The number of aliphatic carboxylic acids is 1. The molecule has 0 fully saturated rings. The molecule has 0 heterocycles. The number of hydrogen-bond acceptors (Lipinski definition) is 2.